The Morgan fingerprint density at radius 3 is 2.82 bits per heavy atom. The van der Waals surface area contributed by atoms with Crippen LogP contribution in [0, 0.1) is 0 Å². The predicted molar refractivity (Wildman–Crippen MR) is 79.1 cm³/mol. The van der Waals surface area contributed by atoms with E-state index in [2.05, 4.69) is 22.0 Å². The predicted octanol–water partition coefficient (Wildman–Crippen LogP) is 3.84. The average molecular weight is 328 g/mol. The van der Waals surface area contributed by atoms with Crippen LogP contribution in [0.3, 0.4) is 0 Å². The number of rotatable bonds is 3. The summed E-state index contributed by atoms with van der Waals surface area (Å²) >= 11 is 10.2. The highest BCUT2D eigenvalue weighted by molar-refractivity contribution is 9.10. The van der Waals surface area contributed by atoms with Crippen LogP contribution >= 0.6 is 39.5 Å². The Morgan fingerprint density at radius 2 is 2.18 bits per heavy atom. The number of thiophene rings is 1. The summed E-state index contributed by atoms with van der Waals surface area (Å²) in [5.74, 6) is 0.916. The Hall–Kier alpha value is -0.650. The van der Waals surface area contributed by atoms with E-state index >= 15 is 0 Å². The van der Waals surface area contributed by atoms with Crippen LogP contribution in [-0.2, 0) is 0 Å². The Morgan fingerprint density at radius 1 is 1.41 bits per heavy atom. The van der Waals surface area contributed by atoms with Gasteiger partial charge in [0, 0.05) is 9.17 Å². The Balaban J connectivity index is 2.07. The van der Waals surface area contributed by atoms with Crippen LogP contribution in [-0.4, -0.2) is 11.1 Å². The van der Waals surface area contributed by atoms with Crippen molar-refractivity contribution < 1.29 is 4.74 Å². The Bertz CT molecular complexity index is 604. The van der Waals surface area contributed by atoms with Gasteiger partial charge >= 0.3 is 0 Å². The minimum Gasteiger partial charge on any atom is -0.490 e. The van der Waals surface area contributed by atoms with Crippen molar-refractivity contribution in [1.29, 1.82) is 0 Å². The molecule has 2 aromatic rings. The highest BCUT2D eigenvalue weighted by Gasteiger charge is 2.24. The van der Waals surface area contributed by atoms with Gasteiger partial charge in [-0.1, -0.05) is 12.2 Å². The summed E-state index contributed by atoms with van der Waals surface area (Å²) in [7, 11) is 0. The number of benzene rings is 1. The number of ether oxygens (including phenoxy) is 1. The van der Waals surface area contributed by atoms with Crippen LogP contribution in [0.25, 0.3) is 10.1 Å². The SMILES string of the molecule is NC(=S)c1cc2cc(OC3CC3)cc(Br)c2s1. The first-order valence-electron chi connectivity index (χ1n) is 5.33. The molecule has 5 heteroatoms. The van der Waals surface area contributed by atoms with Crippen molar-refractivity contribution in [1.82, 2.24) is 0 Å². The van der Waals surface area contributed by atoms with Gasteiger partial charge in [-0.2, -0.15) is 0 Å². The first-order valence-corrected chi connectivity index (χ1v) is 7.35. The first-order chi connectivity index (χ1) is 8.13. The monoisotopic (exact) mass is 327 g/mol. The molecule has 17 heavy (non-hydrogen) atoms. The fraction of sp³-hybridized carbons (Fsp3) is 0.250. The lowest BCUT2D eigenvalue weighted by atomic mass is 10.2. The minimum absolute atomic E-state index is 0.410. The lowest BCUT2D eigenvalue weighted by Crippen LogP contribution is -2.06. The fourth-order valence-corrected chi connectivity index (χ4v) is 3.43. The van der Waals surface area contributed by atoms with Crippen molar-refractivity contribution in [3.63, 3.8) is 0 Å². The Kier molecular flexibility index (Phi) is 2.84. The van der Waals surface area contributed by atoms with Gasteiger partial charge in [0.1, 0.15) is 10.7 Å². The summed E-state index contributed by atoms with van der Waals surface area (Å²) in [6.45, 7) is 0. The molecule has 1 heterocycles. The van der Waals surface area contributed by atoms with Gasteiger partial charge in [-0.3, -0.25) is 0 Å². The number of thiocarbonyl (C=S) groups is 1. The summed E-state index contributed by atoms with van der Waals surface area (Å²) in [5, 5.41) is 1.13. The van der Waals surface area contributed by atoms with E-state index in [1.54, 1.807) is 11.3 Å². The van der Waals surface area contributed by atoms with Crippen molar-refractivity contribution in [2.45, 2.75) is 18.9 Å². The van der Waals surface area contributed by atoms with Crippen LogP contribution < -0.4 is 10.5 Å². The molecule has 0 bridgehead atoms. The summed E-state index contributed by atoms with van der Waals surface area (Å²) in [4.78, 5) is 1.39. The molecule has 0 unspecified atom stereocenters. The number of hydrogen-bond acceptors (Lipinski definition) is 3. The van der Waals surface area contributed by atoms with Crippen LogP contribution in [0.15, 0.2) is 22.7 Å². The maximum Gasteiger partial charge on any atom is 0.121 e. The third-order valence-electron chi connectivity index (χ3n) is 2.61. The number of nitrogens with two attached hydrogens (primary N) is 1. The second kappa shape index (κ2) is 4.23. The van der Waals surface area contributed by atoms with Crippen molar-refractivity contribution in [3.8, 4) is 5.75 Å². The molecule has 0 spiro atoms. The van der Waals surface area contributed by atoms with Gasteiger partial charge in [-0.15, -0.1) is 11.3 Å². The molecule has 0 saturated heterocycles. The zero-order valence-electron chi connectivity index (χ0n) is 8.90. The second-order valence-electron chi connectivity index (χ2n) is 4.12. The molecule has 1 saturated carbocycles. The summed E-state index contributed by atoms with van der Waals surface area (Å²) < 4.78 is 8.00. The van der Waals surface area contributed by atoms with Gasteiger partial charge < -0.3 is 10.5 Å². The number of fused-ring (bicyclic) bond motifs is 1. The quantitative estimate of drug-likeness (QED) is 0.870. The molecule has 1 aromatic carbocycles. The molecule has 0 atom stereocenters. The highest BCUT2D eigenvalue weighted by Crippen LogP contribution is 2.37. The van der Waals surface area contributed by atoms with Crippen LogP contribution in [0.5, 0.6) is 5.75 Å². The molecule has 1 aromatic heterocycles. The molecular weight excluding hydrogens is 318 g/mol. The molecule has 3 rings (SSSR count). The van der Waals surface area contributed by atoms with Crippen LogP contribution in [0.2, 0.25) is 0 Å². The van der Waals surface area contributed by atoms with Gasteiger partial charge in [0.15, 0.2) is 0 Å². The largest absolute Gasteiger partial charge is 0.490 e. The van der Waals surface area contributed by atoms with Gasteiger partial charge in [-0.05, 0) is 52.4 Å². The Labute approximate surface area is 117 Å². The fourth-order valence-electron chi connectivity index (χ4n) is 1.65. The van der Waals surface area contributed by atoms with Crippen molar-refractivity contribution in [3.05, 3.63) is 27.5 Å². The number of hydrogen-bond donors (Lipinski definition) is 1. The molecule has 1 aliphatic rings. The van der Waals surface area contributed by atoms with E-state index in [9.17, 15) is 0 Å². The third kappa shape index (κ3) is 2.32. The first kappa shape index (κ1) is 11.4. The molecule has 1 fully saturated rings. The van der Waals surface area contributed by atoms with Gasteiger partial charge in [0.05, 0.1) is 11.0 Å². The molecular formula is C12H10BrNOS2. The molecule has 0 aliphatic heterocycles. The lowest BCUT2D eigenvalue weighted by molar-refractivity contribution is 0.303. The van der Waals surface area contributed by atoms with Gasteiger partial charge in [0.2, 0.25) is 0 Å². The summed E-state index contributed by atoms with van der Waals surface area (Å²) in [5.41, 5.74) is 5.65. The highest BCUT2D eigenvalue weighted by atomic mass is 79.9. The molecule has 0 radical (unpaired) electrons. The maximum absolute atomic E-state index is 5.79. The van der Waals surface area contributed by atoms with E-state index in [1.807, 2.05) is 12.1 Å². The lowest BCUT2D eigenvalue weighted by Gasteiger charge is -2.05. The average Bonchev–Trinajstić information content (AvgIpc) is 2.95. The van der Waals surface area contributed by atoms with Crippen molar-refractivity contribution >= 4 is 54.6 Å². The van der Waals surface area contributed by atoms with Crippen LogP contribution in [0.4, 0.5) is 0 Å². The summed E-state index contributed by atoms with van der Waals surface area (Å²) in [6.07, 6.45) is 2.74. The topological polar surface area (TPSA) is 35.2 Å². The molecule has 0 amide bonds. The zero-order valence-corrected chi connectivity index (χ0v) is 12.1. The normalized spacial score (nSPS) is 15.1. The van der Waals surface area contributed by atoms with Gasteiger partial charge in [-0.25, -0.2) is 0 Å². The van der Waals surface area contributed by atoms with E-state index in [4.69, 9.17) is 22.7 Å². The zero-order chi connectivity index (χ0) is 12.0. The number of halogens is 1. The smallest absolute Gasteiger partial charge is 0.121 e. The molecule has 88 valence electrons. The third-order valence-corrected chi connectivity index (χ3v) is 5.07. The van der Waals surface area contributed by atoms with Gasteiger partial charge in [0.25, 0.3) is 0 Å². The van der Waals surface area contributed by atoms with E-state index < -0.39 is 0 Å². The molecule has 2 nitrogen and oxygen atoms in total. The summed E-state index contributed by atoms with van der Waals surface area (Å²) in [6, 6.07) is 6.09. The van der Waals surface area contributed by atoms with Crippen LogP contribution in [0.1, 0.15) is 17.7 Å². The molecule has 1 aliphatic carbocycles. The van der Waals surface area contributed by atoms with E-state index in [1.165, 1.54) is 0 Å². The standard InChI is InChI=1S/C12H10BrNOS2/c13-9-5-8(15-7-1-2-7)3-6-4-10(12(14)16)17-11(6)9/h3-5,7H,1-2H2,(H2,14,16). The van der Waals surface area contributed by atoms with E-state index in [0.717, 1.165) is 38.0 Å². The molecule has 2 N–H and O–H groups in total. The van der Waals surface area contributed by atoms with E-state index in [-0.39, 0.29) is 0 Å². The van der Waals surface area contributed by atoms with Crippen molar-refractivity contribution in [2.75, 3.05) is 0 Å². The van der Waals surface area contributed by atoms with Crippen molar-refractivity contribution in [2.24, 2.45) is 5.73 Å². The maximum atomic E-state index is 5.79. The second-order valence-corrected chi connectivity index (χ2v) is 6.46. The van der Waals surface area contributed by atoms with E-state index in [0.29, 0.717) is 11.1 Å². The minimum atomic E-state index is 0.410.